The molecule has 2 aromatic heterocycles. The normalized spacial score (nSPS) is 19.5. The molecule has 0 radical (unpaired) electrons. The smallest absolute Gasteiger partial charge is 0.222 e. The second kappa shape index (κ2) is 8.23. The molecule has 1 aliphatic carbocycles. The Bertz CT molecular complexity index is 739. The average Bonchev–Trinajstić information content (AvgIpc) is 3.34. The van der Waals surface area contributed by atoms with E-state index in [2.05, 4.69) is 24.8 Å². The second-order valence-electron chi connectivity index (χ2n) is 8.10. The van der Waals surface area contributed by atoms with Crippen molar-refractivity contribution >= 4 is 5.91 Å². The summed E-state index contributed by atoms with van der Waals surface area (Å²) in [6.45, 7) is 2.32. The van der Waals surface area contributed by atoms with E-state index < -0.39 is 0 Å². The molecule has 0 bridgehead atoms. The molecule has 1 amide bonds. The Morgan fingerprint density at radius 3 is 2.59 bits per heavy atom. The first-order chi connectivity index (χ1) is 13.2. The van der Waals surface area contributed by atoms with Crippen molar-refractivity contribution in [3.05, 3.63) is 30.1 Å². The highest BCUT2D eigenvalue weighted by Crippen LogP contribution is 2.30. The van der Waals surface area contributed by atoms with Crippen LogP contribution >= 0.6 is 0 Å². The number of hydrogen-bond acceptors (Lipinski definition) is 4. The predicted octanol–water partition coefficient (Wildman–Crippen LogP) is 2.74. The zero-order chi connectivity index (χ0) is 18.6. The Morgan fingerprint density at radius 1 is 1.11 bits per heavy atom. The molecule has 0 N–H and O–H groups in total. The topological polar surface area (TPSA) is 68.8 Å². The van der Waals surface area contributed by atoms with Gasteiger partial charge in [0.05, 0.1) is 0 Å². The summed E-state index contributed by atoms with van der Waals surface area (Å²) in [7, 11) is 2.04. The maximum absolute atomic E-state index is 12.6. The lowest BCUT2D eigenvalue weighted by atomic mass is 9.86. The molecule has 1 saturated carbocycles. The standard InChI is InChI=1S/C20H30N6O/c1-24-18(15-26-11-5-10-21-26)22-23-20(24)17-8-12-25(13-9-17)19(27)14-16-6-3-2-4-7-16/h5,10-11,16-17H,2-4,6-9,12-15H2,1H3. The van der Waals surface area contributed by atoms with E-state index in [0.29, 0.717) is 24.3 Å². The monoisotopic (exact) mass is 370 g/mol. The van der Waals surface area contributed by atoms with E-state index in [-0.39, 0.29) is 0 Å². The maximum atomic E-state index is 12.6. The SMILES string of the molecule is Cn1c(Cn2cccn2)nnc1C1CCN(C(=O)CC2CCCCC2)CC1. The van der Waals surface area contributed by atoms with Crippen molar-refractivity contribution in [2.75, 3.05) is 13.1 Å². The van der Waals surface area contributed by atoms with Gasteiger partial charge in [0, 0.05) is 44.9 Å². The zero-order valence-corrected chi connectivity index (χ0v) is 16.3. The van der Waals surface area contributed by atoms with Crippen LogP contribution in [0.25, 0.3) is 0 Å². The fourth-order valence-electron chi connectivity index (χ4n) is 4.56. The number of amides is 1. The summed E-state index contributed by atoms with van der Waals surface area (Å²) in [6, 6.07) is 1.91. The van der Waals surface area contributed by atoms with Gasteiger partial charge in [0.25, 0.3) is 0 Å². The Morgan fingerprint density at radius 2 is 1.89 bits per heavy atom. The lowest BCUT2D eigenvalue weighted by molar-refractivity contribution is -0.133. The first kappa shape index (κ1) is 18.2. The van der Waals surface area contributed by atoms with E-state index in [0.717, 1.165) is 44.0 Å². The van der Waals surface area contributed by atoms with E-state index in [4.69, 9.17) is 0 Å². The third-order valence-electron chi connectivity index (χ3n) is 6.26. The minimum atomic E-state index is 0.359. The van der Waals surface area contributed by atoms with Gasteiger partial charge in [-0.25, -0.2) is 0 Å². The van der Waals surface area contributed by atoms with Crippen LogP contribution in [0, 0.1) is 5.92 Å². The molecule has 0 atom stereocenters. The number of rotatable bonds is 5. The van der Waals surface area contributed by atoms with Gasteiger partial charge in [-0.2, -0.15) is 5.10 Å². The fourth-order valence-corrected chi connectivity index (χ4v) is 4.56. The molecule has 7 nitrogen and oxygen atoms in total. The van der Waals surface area contributed by atoms with E-state index in [1.165, 1.54) is 32.1 Å². The lowest BCUT2D eigenvalue weighted by Gasteiger charge is -2.33. The molecule has 2 aliphatic rings. The van der Waals surface area contributed by atoms with Crippen LogP contribution in [0.1, 0.15) is 68.9 Å². The Labute approximate surface area is 160 Å². The first-order valence-corrected chi connectivity index (χ1v) is 10.3. The van der Waals surface area contributed by atoms with E-state index in [1.807, 2.05) is 24.0 Å². The molecular formula is C20H30N6O. The largest absolute Gasteiger partial charge is 0.343 e. The molecule has 1 aliphatic heterocycles. The van der Waals surface area contributed by atoms with Crippen LogP contribution in [0.15, 0.2) is 18.5 Å². The molecule has 4 rings (SSSR count). The van der Waals surface area contributed by atoms with Gasteiger partial charge < -0.3 is 9.47 Å². The van der Waals surface area contributed by atoms with Crippen LogP contribution in [0.5, 0.6) is 0 Å². The summed E-state index contributed by atoms with van der Waals surface area (Å²) < 4.78 is 3.96. The third kappa shape index (κ3) is 4.22. The third-order valence-corrected chi connectivity index (χ3v) is 6.26. The molecular weight excluding hydrogens is 340 g/mol. The summed E-state index contributed by atoms with van der Waals surface area (Å²) in [5.74, 6) is 3.32. The molecule has 0 aromatic carbocycles. The molecule has 3 heterocycles. The fraction of sp³-hybridized carbons (Fsp3) is 0.700. The Balaban J connectivity index is 1.31. The first-order valence-electron chi connectivity index (χ1n) is 10.3. The minimum absolute atomic E-state index is 0.359. The molecule has 27 heavy (non-hydrogen) atoms. The molecule has 2 fully saturated rings. The van der Waals surface area contributed by atoms with Crippen molar-refractivity contribution in [2.45, 2.75) is 63.8 Å². The summed E-state index contributed by atoms with van der Waals surface area (Å²) in [6.07, 6.45) is 12.8. The Hall–Kier alpha value is -2.18. The summed E-state index contributed by atoms with van der Waals surface area (Å²) in [5.41, 5.74) is 0. The van der Waals surface area contributed by atoms with Crippen molar-refractivity contribution in [3.8, 4) is 0 Å². The van der Waals surface area contributed by atoms with Crippen LogP contribution in [-0.2, 0) is 18.4 Å². The highest BCUT2D eigenvalue weighted by Gasteiger charge is 2.28. The zero-order valence-electron chi connectivity index (χ0n) is 16.3. The summed E-state index contributed by atoms with van der Waals surface area (Å²) in [5, 5.41) is 13.1. The van der Waals surface area contributed by atoms with Crippen LogP contribution < -0.4 is 0 Å². The van der Waals surface area contributed by atoms with E-state index in [1.54, 1.807) is 6.20 Å². The van der Waals surface area contributed by atoms with Gasteiger partial charge in [-0.3, -0.25) is 9.48 Å². The van der Waals surface area contributed by atoms with Gasteiger partial charge in [0.2, 0.25) is 5.91 Å². The van der Waals surface area contributed by atoms with E-state index >= 15 is 0 Å². The summed E-state index contributed by atoms with van der Waals surface area (Å²) in [4.78, 5) is 14.7. The van der Waals surface area contributed by atoms with Gasteiger partial charge in [0.15, 0.2) is 5.82 Å². The molecule has 7 heteroatoms. The second-order valence-corrected chi connectivity index (χ2v) is 8.10. The average molecular weight is 371 g/mol. The van der Waals surface area contributed by atoms with Crippen LogP contribution in [-0.4, -0.2) is 48.4 Å². The minimum Gasteiger partial charge on any atom is -0.343 e. The molecule has 0 spiro atoms. The van der Waals surface area contributed by atoms with Crippen LogP contribution in [0.3, 0.4) is 0 Å². The van der Waals surface area contributed by atoms with Crippen LogP contribution in [0.4, 0.5) is 0 Å². The van der Waals surface area contributed by atoms with Gasteiger partial charge in [-0.1, -0.05) is 19.3 Å². The van der Waals surface area contributed by atoms with Crippen molar-refractivity contribution in [1.29, 1.82) is 0 Å². The van der Waals surface area contributed by atoms with Crippen molar-refractivity contribution in [3.63, 3.8) is 0 Å². The molecule has 2 aromatic rings. The van der Waals surface area contributed by atoms with Crippen molar-refractivity contribution < 1.29 is 4.79 Å². The van der Waals surface area contributed by atoms with E-state index in [9.17, 15) is 4.79 Å². The predicted molar refractivity (Wildman–Crippen MR) is 102 cm³/mol. The van der Waals surface area contributed by atoms with Gasteiger partial charge in [-0.05, 0) is 37.7 Å². The van der Waals surface area contributed by atoms with Crippen molar-refractivity contribution in [1.82, 2.24) is 29.4 Å². The highest BCUT2D eigenvalue weighted by atomic mass is 16.2. The maximum Gasteiger partial charge on any atom is 0.222 e. The number of hydrogen-bond donors (Lipinski definition) is 0. The summed E-state index contributed by atoms with van der Waals surface area (Å²) >= 11 is 0. The molecule has 1 saturated heterocycles. The highest BCUT2D eigenvalue weighted by molar-refractivity contribution is 5.76. The Kier molecular flexibility index (Phi) is 5.55. The van der Waals surface area contributed by atoms with Crippen molar-refractivity contribution in [2.24, 2.45) is 13.0 Å². The molecule has 146 valence electrons. The quantitative estimate of drug-likeness (QED) is 0.811. The number of carbonyl (C=O) groups is 1. The molecule has 0 unspecified atom stereocenters. The number of aromatic nitrogens is 5. The number of piperidine rings is 1. The van der Waals surface area contributed by atoms with Crippen LogP contribution in [0.2, 0.25) is 0 Å². The number of carbonyl (C=O) groups excluding carboxylic acids is 1. The van der Waals surface area contributed by atoms with Gasteiger partial charge in [0.1, 0.15) is 12.4 Å². The van der Waals surface area contributed by atoms with Gasteiger partial charge in [-0.15, -0.1) is 10.2 Å². The van der Waals surface area contributed by atoms with Gasteiger partial charge >= 0.3 is 0 Å². The number of likely N-dealkylation sites (tertiary alicyclic amines) is 1. The lowest BCUT2D eigenvalue weighted by Crippen LogP contribution is -2.39. The number of nitrogens with zero attached hydrogens (tertiary/aromatic N) is 6.